The van der Waals surface area contributed by atoms with Crippen molar-refractivity contribution in [2.24, 2.45) is 0 Å². The molecule has 1 rings (SSSR count). The second kappa shape index (κ2) is 5.95. The molecule has 1 heterocycles. The Kier molecular flexibility index (Phi) is 5.08. The largest absolute Gasteiger partial charge is 0.444 e. The van der Waals surface area contributed by atoms with E-state index in [-0.39, 0.29) is 10.8 Å². The first kappa shape index (κ1) is 15.3. The molecular weight excluding hydrogens is 250 g/mol. The van der Waals surface area contributed by atoms with Crippen LogP contribution in [0.5, 0.6) is 0 Å². The lowest BCUT2D eigenvalue weighted by Gasteiger charge is -2.40. The van der Waals surface area contributed by atoms with Gasteiger partial charge in [0.05, 0.1) is 0 Å². The van der Waals surface area contributed by atoms with Gasteiger partial charge in [-0.3, -0.25) is 0 Å². The van der Waals surface area contributed by atoms with Gasteiger partial charge in [0.2, 0.25) is 0 Å². The number of hydrogen-bond acceptors (Lipinski definition) is 4. The molecule has 0 saturated carbocycles. The Hall–Kier alpha value is -0.710. The number of carbonyl (C=O) groups excluding carboxylic acids is 2. The van der Waals surface area contributed by atoms with Gasteiger partial charge >= 0.3 is 6.09 Å². The molecule has 1 aliphatic heterocycles. The van der Waals surface area contributed by atoms with Gasteiger partial charge in [-0.25, -0.2) is 4.79 Å². The normalized spacial score (nSPS) is 19.4. The molecule has 0 aromatic carbocycles. The SMILES string of the molecule is CSC1(CC=O)CCN(C(=O)OC(C)(C)C)CC1. The molecule has 1 aliphatic rings. The Balaban J connectivity index is 2.53. The van der Waals surface area contributed by atoms with Crippen molar-refractivity contribution in [3.63, 3.8) is 0 Å². The highest BCUT2D eigenvalue weighted by Crippen LogP contribution is 2.37. The minimum atomic E-state index is -0.450. The van der Waals surface area contributed by atoms with E-state index in [0.717, 1.165) is 19.1 Å². The number of piperidine rings is 1. The smallest absolute Gasteiger partial charge is 0.410 e. The molecule has 104 valence electrons. The second-order valence-corrected chi connectivity index (χ2v) is 7.00. The molecule has 0 unspecified atom stereocenters. The fraction of sp³-hybridized carbons (Fsp3) is 0.846. The highest BCUT2D eigenvalue weighted by molar-refractivity contribution is 8.00. The number of ether oxygens (including phenoxy) is 1. The number of rotatable bonds is 3. The lowest BCUT2D eigenvalue weighted by molar-refractivity contribution is -0.108. The van der Waals surface area contributed by atoms with Crippen molar-refractivity contribution in [1.29, 1.82) is 0 Å². The summed E-state index contributed by atoms with van der Waals surface area (Å²) in [6.45, 7) is 6.95. The molecule has 0 bridgehead atoms. The Bertz CT molecular complexity index is 304. The van der Waals surface area contributed by atoms with Crippen LogP contribution in [0.2, 0.25) is 0 Å². The number of thioether (sulfide) groups is 1. The van der Waals surface area contributed by atoms with Crippen LogP contribution in [0.1, 0.15) is 40.0 Å². The first-order valence-electron chi connectivity index (χ1n) is 6.29. The van der Waals surface area contributed by atoms with Gasteiger partial charge in [-0.1, -0.05) is 0 Å². The monoisotopic (exact) mass is 273 g/mol. The van der Waals surface area contributed by atoms with Crippen LogP contribution < -0.4 is 0 Å². The minimum absolute atomic E-state index is 0.0141. The quantitative estimate of drug-likeness (QED) is 0.742. The maximum absolute atomic E-state index is 11.9. The summed E-state index contributed by atoms with van der Waals surface area (Å²) >= 11 is 1.73. The minimum Gasteiger partial charge on any atom is -0.444 e. The standard InChI is InChI=1S/C13H23NO3S/c1-12(2,3)17-11(16)14-8-5-13(18-4,6-9-14)7-10-15/h10H,5-9H2,1-4H3. The van der Waals surface area contributed by atoms with Crippen molar-refractivity contribution >= 4 is 24.1 Å². The zero-order chi connectivity index (χ0) is 13.8. The van der Waals surface area contributed by atoms with E-state index in [2.05, 4.69) is 0 Å². The molecule has 1 fully saturated rings. The second-order valence-electron chi connectivity index (χ2n) is 5.73. The predicted octanol–water partition coefficient (Wildman–Crippen LogP) is 2.71. The topological polar surface area (TPSA) is 46.6 Å². The maximum Gasteiger partial charge on any atom is 0.410 e. The highest BCUT2D eigenvalue weighted by atomic mass is 32.2. The van der Waals surface area contributed by atoms with Gasteiger partial charge in [0.1, 0.15) is 11.9 Å². The summed E-state index contributed by atoms with van der Waals surface area (Å²) in [5, 5.41) is 0. The molecule has 0 aliphatic carbocycles. The van der Waals surface area contributed by atoms with E-state index in [1.807, 2.05) is 27.0 Å². The zero-order valence-corrected chi connectivity index (χ0v) is 12.5. The van der Waals surface area contributed by atoms with E-state index in [9.17, 15) is 9.59 Å². The molecule has 18 heavy (non-hydrogen) atoms. The Morgan fingerprint density at radius 3 is 2.33 bits per heavy atom. The number of hydrogen-bond donors (Lipinski definition) is 0. The van der Waals surface area contributed by atoms with E-state index in [0.29, 0.717) is 19.5 Å². The maximum atomic E-state index is 11.9. The van der Waals surface area contributed by atoms with Crippen molar-refractivity contribution in [3.8, 4) is 0 Å². The fourth-order valence-corrected chi connectivity index (χ4v) is 2.89. The summed E-state index contributed by atoms with van der Waals surface area (Å²) in [5.74, 6) is 0. The first-order valence-corrected chi connectivity index (χ1v) is 7.51. The predicted molar refractivity (Wildman–Crippen MR) is 74.0 cm³/mol. The summed E-state index contributed by atoms with van der Waals surface area (Å²) in [5.41, 5.74) is -0.450. The van der Waals surface area contributed by atoms with Crippen LogP contribution in [0.15, 0.2) is 0 Å². The lowest BCUT2D eigenvalue weighted by Crippen LogP contribution is -2.46. The van der Waals surface area contributed by atoms with Crippen molar-refractivity contribution < 1.29 is 14.3 Å². The van der Waals surface area contributed by atoms with Crippen molar-refractivity contribution in [2.45, 2.75) is 50.4 Å². The average molecular weight is 273 g/mol. The zero-order valence-electron chi connectivity index (χ0n) is 11.7. The molecular formula is C13H23NO3S. The van der Waals surface area contributed by atoms with E-state index in [1.54, 1.807) is 16.7 Å². The van der Waals surface area contributed by atoms with Gasteiger partial charge in [-0.05, 0) is 39.9 Å². The summed E-state index contributed by atoms with van der Waals surface area (Å²) in [6, 6.07) is 0. The molecule has 0 atom stereocenters. The summed E-state index contributed by atoms with van der Waals surface area (Å²) in [7, 11) is 0. The van der Waals surface area contributed by atoms with Crippen LogP contribution in [-0.2, 0) is 9.53 Å². The summed E-state index contributed by atoms with van der Waals surface area (Å²) < 4.78 is 5.36. The van der Waals surface area contributed by atoms with Crippen molar-refractivity contribution in [1.82, 2.24) is 4.90 Å². The number of carbonyl (C=O) groups is 2. The lowest BCUT2D eigenvalue weighted by atomic mass is 9.93. The highest BCUT2D eigenvalue weighted by Gasteiger charge is 2.36. The molecule has 1 saturated heterocycles. The van der Waals surface area contributed by atoms with Crippen LogP contribution in [0.25, 0.3) is 0 Å². The van der Waals surface area contributed by atoms with E-state index in [4.69, 9.17) is 4.74 Å². The van der Waals surface area contributed by atoms with Gasteiger partial charge in [-0.15, -0.1) is 0 Å². The van der Waals surface area contributed by atoms with Crippen molar-refractivity contribution in [2.75, 3.05) is 19.3 Å². The fourth-order valence-electron chi connectivity index (χ4n) is 2.07. The number of aldehydes is 1. The molecule has 0 N–H and O–H groups in total. The van der Waals surface area contributed by atoms with Gasteiger partial charge in [0.25, 0.3) is 0 Å². The Labute approximate surface area is 113 Å². The molecule has 1 amide bonds. The van der Waals surface area contributed by atoms with Gasteiger partial charge < -0.3 is 14.4 Å². The van der Waals surface area contributed by atoms with Gasteiger partial charge in [0, 0.05) is 24.3 Å². The molecule has 0 aromatic heterocycles. The number of nitrogens with zero attached hydrogens (tertiary/aromatic N) is 1. The van der Waals surface area contributed by atoms with E-state index >= 15 is 0 Å². The van der Waals surface area contributed by atoms with Crippen molar-refractivity contribution in [3.05, 3.63) is 0 Å². The molecule has 5 heteroatoms. The van der Waals surface area contributed by atoms with Crippen LogP contribution in [0.3, 0.4) is 0 Å². The Morgan fingerprint density at radius 1 is 1.39 bits per heavy atom. The first-order chi connectivity index (χ1) is 8.32. The summed E-state index contributed by atoms with van der Waals surface area (Å²) in [6.07, 6.45) is 5.05. The van der Waals surface area contributed by atoms with Crippen LogP contribution in [0.4, 0.5) is 4.79 Å². The third-order valence-corrected chi connectivity index (χ3v) is 4.66. The molecule has 0 radical (unpaired) electrons. The third kappa shape index (κ3) is 4.19. The van der Waals surface area contributed by atoms with Crippen LogP contribution in [-0.4, -0.2) is 47.0 Å². The van der Waals surface area contributed by atoms with Gasteiger partial charge in [0.15, 0.2) is 0 Å². The number of likely N-dealkylation sites (tertiary alicyclic amines) is 1. The van der Waals surface area contributed by atoms with Gasteiger partial charge in [-0.2, -0.15) is 11.8 Å². The van der Waals surface area contributed by atoms with E-state index < -0.39 is 5.60 Å². The number of amides is 1. The van der Waals surface area contributed by atoms with Crippen LogP contribution in [0, 0.1) is 0 Å². The molecule has 4 nitrogen and oxygen atoms in total. The molecule has 0 spiro atoms. The van der Waals surface area contributed by atoms with Crippen LogP contribution >= 0.6 is 11.8 Å². The van der Waals surface area contributed by atoms with E-state index in [1.165, 1.54) is 0 Å². The third-order valence-electron chi connectivity index (χ3n) is 3.21. The Morgan fingerprint density at radius 2 is 1.94 bits per heavy atom. The average Bonchev–Trinajstić information content (AvgIpc) is 2.28. The summed E-state index contributed by atoms with van der Waals surface area (Å²) in [4.78, 5) is 24.4. The molecule has 0 aromatic rings.